The number of nitrogens with zero attached hydrogens (tertiary/aromatic N) is 2. The second-order valence-corrected chi connectivity index (χ2v) is 16.4. The lowest BCUT2D eigenvalue weighted by Gasteiger charge is -2.44. The highest BCUT2D eigenvalue weighted by molar-refractivity contribution is 14.1. The maximum atomic E-state index is 13.9. The van der Waals surface area contributed by atoms with E-state index in [-0.39, 0.29) is 22.2 Å². The minimum absolute atomic E-state index is 0.160. The van der Waals surface area contributed by atoms with Crippen molar-refractivity contribution < 1.29 is 28.6 Å². The number of ether oxygens (including phenoxy) is 2. The van der Waals surface area contributed by atoms with E-state index in [9.17, 15) is 14.7 Å². The first-order valence-corrected chi connectivity index (χ1v) is 16.6. The molecule has 2 heterocycles. The molecule has 0 spiro atoms. The molecule has 36 heavy (non-hydrogen) atoms. The summed E-state index contributed by atoms with van der Waals surface area (Å²) in [5.41, 5.74) is 1.43. The number of benzene rings is 1. The van der Waals surface area contributed by atoms with E-state index < -0.39 is 26.7 Å². The number of amides is 2. The van der Waals surface area contributed by atoms with E-state index in [1.54, 1.807) is 23.2 Å². The lowest BCUT2D eigenvalue weighted by molar-refractivity contribution is 0.0603. The van der Waals surface area contributed by atoms with Crippen molar-refractivity contribution in [3.05, 3.63) is 41.6 Å². The van der Waals surface area contributed by atoms with Crippen LogP contribution in [0.1, 0.15) is 50.9 Å². The molecule has 1 aromatic rings. The summed E-state index contributed by atoms with van der Waals surface area (Å²) in [6.07, 6.45) is 4.92. The molecule has 0 aliphatic carbocycles. The minimum atomic E-state index is -2.44. The molecule has 2 aliphatic rings. The van der Waals surface area contributed by atoms with Gasteiger partial charge in [0.2, 0.25) is 0 Å². The Hall–Kier alpha value is -2.05. The van der Waals surface area contributed by atoms with Crippen LogP contribution in [0.15, 0.2) is 36.1 Å². The second-order valence-electron chi connectivity index (χ2n) is 10.5. The average molecular weight is 629 g/mol. The van der Waals surface area contributed by atoms with Crippen molar-refractivity contribution in [3.63, 3.8) is 0 Å². The van der Waals surface area contributed by atoms with Crippen LogP contribution in [0.5, 0.6) is 11.5 Å². The van der Waals surface area contributed by atoms with Gasteiger partial charge in [-0.1, -0.05) is 55.5 Å². The number of carbonyl (C=O) groups excluding carboxylic acids is 1. The van der Waals surface area contributed by atoms with Crippen molar-refractivity contribution in [2.45, 2.75) is 70.9 Å². The number of methoxy groups -OCH3 is 1. The molecule has 0 bridgehead atoms. The fourth-order valence-electron chi connectivity index (χ4n) is 4.14. The number of anilines is 1. The van der Waals surface area contributed by atoms with E-state index in [0.29, 0.717) is 24.5 Å². The average Bonchev–Trinajstić information content (AvgIpc) is 3.18. The normalized spacial score (nSPS) is 20.2. The Morgan fingerprint density at radius 1 is 1.28 bits per heavy atom. The number of carboxylic acid groups (broad SMARTS) is 1. The van der Waals surface area contributed by atoms with Crippen molar-refractivity contribution >= 4 is 48.6 Å². The second kappa shape index (κ2) is 11.1. The van der Waals surface area contributed by atoms with Gasteiger partial charge in [-0.2, -0.15) is 0 Å². The maximum Gasteiger partial charge on any atom is 0.414 e. The van der Waals surface area contributed by atoms with Crippen LogP contribution < -0.4 is 14.4 Å². The quantitative estimate of drug-likeness (QED) is 0.155. The van der Waals surface area contributed by atoms with E-state index in [1.165, 1.54) is 12.0 Å². The molecule has 8 nitrogen and oxygen atoms in total. The zero-order chi connectivity index (χ0) is 26.8. The third-order valence-corrected chi connectivity index (χ3v) is 12.2. The van der Waals surface area contributed by atoms with Gasteiger partial charge in [-0.25, -0.2) is 9.69 Å². The summed E-state index contributed by atoms with van der Waals surface area (Å²) >= 11 is 2.28. The fraction of sp³-hybridized carbons (Fsp3) is 0.538. The summed E-state index contributed by atoms with van der Waals surface area (Å²) in [5.74, 6) is 0.496. The Morgan fingerprint density at radius 3 is 2.53 bits per heavy atom. The van der Waals surface area contributed by atoms with E-state index in [2.05, 4.69) is 56.5 Å². The van der Waals surface area contributed by atoms with Crippen molar-refractivity contribution in [1.82, 2.24) is 4.90 Å². The largest absolute Gasteiger partial charge is 0.493 e. The molecule has 2 atom stereocenters. The van der Waals surface area contributed by atoms with Gasteiger partial charge in [0.1, 0.15) is 0 Å². The molecular weight excluding hydrogens is 591 g/mol. The molecular formula is C26H37IN2O6Si. The van der Waals surface area contributed by atoms with E-state index in [1.807, 2.05) is 19.1 Å². The molecule has 10 heteroatoms. The van der Waals surface area contributed by atoms with Crippen molar-refractivity contribution in [1.29, 1.82) is 0 Å². The van der Waals surface area contributed by atoms with Gasteiger partial charge in [0, 0.05) is 16.7 Å². The zero-order valence-corrected chi connectivity index (χ0v) is 25.3. The summed E-state index contributed by atoms with van der Waals surface area (Å²) < 4.78 is 19.2. The van der Waals surface area contributed by atoms with Gasteiger partial charge in [-0.05, 0) is 49.5 Å². The van der Waals surface area contributed by atoms with Gasteiger partial charge < -0.3 is 23.9 Å². The number of halogens is 1. The number of alkyl halides is 1. The smallest absolute Gasteiger partial charge is 0.414 e. The number of hydrogen-bond acceptors (Lipinski definition) is 5. The predicted molar refractivity (Wildman–Crippen MR) is 152 cm³/mol. The molecule has 0 radical (unpaired) electrons. The molecule has 2 amide bonds. The van der Waals surface area contributed by atoms with Gasteiger partial charge in [0.05, 0.1) is 31.0 Å². The Labute approximate surface area is 228 Å². The van der Waals surface area contributed by atoms with Crippen LogP contribution in [0.2, 0.25) is 18.1 Å². The number of rotatable bonds is 8. The lowest BCUT2D eigenvalue weighted by Crippen LogP contribution is -2.57. The first kappa shape index (κ1) is 28.5. The van der Waals surface area contributed by atoms with Gasteiger partial charge in [0.25, 0.3) is 5.91 Å². The molecule has 3 rings (SSSR count). The van der Waals surface area contributed by atoms with Crippen LogP contribution in [0.25, 0.3) is 0 Å². The third-order valence-electron chi connectivity index (χ3n) is 7.04. The van der Waals surface area contributed by atoms with Crippen LogP contribution in [0.3, 0.4) is 0 Å². The number of allylic oxidation sites excluding steroid dienone is 2. The maximum absolute atomic E-state index is 13.9. The van der Waals surface area contributed by atoms with Crippen molar-refractivity contribution in [3.8, 4) is 11.5 Å². The Balaban J connectivity index is 2.24. The molecule has 2 unspecified atom stereocenters. The van der Waals surface area contributed by atoms with Crippen LogP contribution in [0.4, 0.5) is 10.5 Å². The molecule has 0 saturated carbocycles. The Bertz CT molecular complexity index is 1070. The van der Waals surface area contributed by atoms with E-state index in [0.717, 1.165) is 16.4 Å². The highest BCUT2D eigenvalue weighted by Gasteiger charge is 2.50. The van der Waals surface area contributed by atoms with Crippen LogP contribution in [-0.4, -0.2) is 60.7 Å². The van der Waals surface area contributed by atoms with Crippen molar-refractivity contribution in [2.75, 3.05) is 23.0 Å². The molecule has 0 fully saturated rings. The van der Waals surface area contributed by atoms with Gasteiger partial charge in [-0.3, -0.25) is 4.79 Å². The first-order valence-electron chi connectivity index (χ1n) is 12.1. The monoisotopic (exact) mass is 628 g/mol. The fourth-order valence-corrected chi connectivity index (χ4v) is 5.67. The number of hydrogen-bond donors (Lipinski definition) is 1. The lowest BCUT2D eigenvalue weighted by atomic mass is 10.1. The Kier molecular flexibility index (Phi) is 8.82. The standard InChI is InChI=1S/C26H37IN2O6Si/c1-8-10-17-13-20-24(35-36(6,7)26(2,3)4)29(25(31)32)19-15-22(34-12-9-11-27)21(33-5)14-18(19)23(30)28(20)16-17/h8,10,14-16,20,24H,9,11-13H2,1-7H3,(H,31,32). The van der Waals surface area contributed by atoms with Crippen LogP contribution >= 0.6 is 22.6 Å². The van der Waals surface area contributed by atoms with Gasteiger partial charge in [0.15, 0.2) is 26.0 Å². The SMILES string of the molecule is CC=CC1=CN2C(=O)c3cc(OC)c(OCCCI)cc3N(C(=O)O)C(O[Si](C)(C)C(C)(C)C)C2C1. The predicted octanol–water partition coefficient (Wildman–Crippen LogP) is 6.42. The summed E-state index contributed by atoms with van der Waals surface area (Å²) in [7, 11) is -0.935. The van der Waals surface area contributed by atoms with E-state index in [4.69, 9.17) is 13.9 Å². The molecule has 1 aromatic carbocycles. The first-order chi connectivity index (χ1) is 16.9. The summed E-state index contributed by atoms with van der Waals surface area (Å²) in [6, 6.07) is 2.68. The summed E-state index contributed by atoms with van der Waals surface area (Å²) in [6.45, 7) is 12.9. The van der Waals surface area contributed by atoms with Gasteiger partial charge in [-0.15, -0.1) is 0 Å². The number of fused-ring (bicyclic) bond motifs is 2. The van der Waals surface area contributed by atoms with Crippen molar-refractivity contribution in [2.24, 2.45) is 0 Å². The molecule has 1 N–H and O–H groups in total. The molecule has 0 saturated heterocycles. The summed E-state index contributed by atoms with van der Waals surface area (Å²) in [4.78, 5) is 29.6. The molecule has 0 aromatic heterocycles. The van der Waals surface area contributed by atoms with Crippen LogP contribution in [0, 0.1) is 0 Å². The highest BCUT2D eigenvalue weighted by Crippen LogP contribution is 2.45. The summed E-state index contributed by atoms with van der Waals surface area (Å²) in [5, 5.41) is 10.4. The minimum Gasteiger partial charge on any atom is -0.493 e. The van der Waals surface area contributed by atoms with Crippen LogP contribution in [-0.2, 0) is 4.43 Å². The number of carbonyl (C=O) groups is 2. The zero-order valence-electron chi connectivity index (χ0n) is 22.1. The molecule has 198 valence electrons. The molecule has 2 aliphatic heterocycles. The van der Waals surface area contributed by atoms with E-state index >= 15 is 0 Å². The third kappa shape index (κ3) is 5.60. The van der Waals surface area contributed by atoms with Gasteiger partial charge >= 0.3 is 6.09 Å². The highest BCUT2D eigenvalue weighted by atomic mass is 127. The topological polar surface area (TPSA) is 88.5 Å². The Morgan fingerprint density at radius 2 is 1.97 bits per heavy atom.